The average molecular weight is 698 g/mol. The minimum Gasteiger partial charge on any atom is -0.444 e. The first kappa shape index (κ1) is 37.7. The van der Waals surface area contributed by atoms with Gasteiger partial charge in [-0.1, -0.05) is 62.4 Å². The number of nitrogens with zero attached hydrogens (tertiary/aromatic N) is 2. The number of hydrogen-bond donors (Lipinski definition) is 3. The van der Waals surface area contributed by atoms with Crippen molar-refractivity contribution in [3.8, 4) is 0 Å². The summed E-state index contributed by atoms with van der Waals surface area (Å²) in [4.78, 5) is 54.3. The molecule has 4 rings (SSSR count). The lowest BCUT2D eigenvalue weighted by Gasteiger charge is -2.41. The minimum absolute atomic E-state index is 0.150. The van der Waals surface area contributed by atoms with Crippen LogP contribution in [-0.2, 0) is 41.2 Å². The van der Waals surface area contributed by atoms with Gasteiger partial charge in [0.2, 0.25) is 17.7 Å². The Hall–Kier alpha value is -4.13. The average Bonchev–Trinajstić information content (AvgIpc) is 3.34. The molecule has 0 bridgehead atoms. The Balaban J connectivity index is 1.49. The van der Waals surface area contributed by atoms with E-state index in [-0.39, 0.29) is 12.5 Å². The maximum atomic E-state index is 14.1. The van der Waals surface area contributed by atoms with Crippen molar-refractivity contribution in [2.45, 2.75) is 103 Å². The SMILES string of the molecule is CC(C)C(=O)NS(=O)(=O)N1CC2(CCN(C(=O)[C@@H](CCCc3ccccc3)NC(=O)C(C)(C)NC(=O)OC(C)(C)C)CC2)c2ccccc21. The normalized spacial score (nSPS) is 16.6. The number of ether oxygens (including phenoxy) is 1. The van der Waals surface area contributed by atoms with Crippen molar-refractivity contribution in [2.24, 2.45) is 5.92 Å². The van der Waals surface area contributed by atoms with Crippen molar-refractivity contribution >= 4 is 39.7 Å². The van der Waals surface area contributed by atoms with Crippen molar-refractivity contribution in [1.82, 2.24) is 20.3 Å². The van der Waals surface area contributed by atoms with Crippen molar-refractivity contribution in [2.75, 3.05) is 23.9 Å². The molecule has 3 N–H and O–H groups in total. The van der Waals surface area contributed by atoms with Crippen LogP contribution in [0.1, 0.15) is 85.3 Å². The molecule has 2 aliphatic heterocycles. The van der Waals surface area contributed by atoms with Gasteiger partial charge in [-0.2, -0.15) is 8.42 Å². The molecule has 2 aliphatic rings. The second kappa shape index (κ2) is 14.8. The molecule has 13 heteroatoms. The van der Waals surface area contributed by atoms with Crippen molar-refractivity contribution < 1.29 is 32.3 Å². The van der Waals surface area contributed by atoms with Gasteiger partial charge in [0.15, 0.2) is 0 Å². The number of piperidine rings is 1. The van der Waals surface area contributed by atoms with Gasteiger partial charge >= 0.3 is 16.3 Å². The van der Waals surface area contributed by atoms with Gasteiger partial charge in [0.25, 0.3) is 0 Å². The number of amides is 4. The molecule has 2 aromatic rings. The Morgan fingerprint density at radius 2 is 1.53 bits per heavy atom. The van der Waals surface area contributed by atoms with Gasteiger partial charge in [0, 0.05) is 31.0 Å². The number of fused-ring (bicyclic) bond motifs is 2. The van der Waals surface area contributed by atoms with Gasteiger partial charge < -0.3 is 20.3 Å². The molecule has 2 aromatic carbocycles. The molecule has 49 heavy (non-hydrogen) atoms. The maximum Gasteiger partial charge on any atom is 0.408 e. The number of para-hydroxylation sites is 1. The van der Waals surface area contributed by atoms with Crippen LogP contribution in [0.15, 0.2) is 54.6 Å². The summed E-state index contributed by atoms with van der Waals surface area (Å²) >= 11 is 0. The molecular formula is C36H51N5O7S. The monoisotopic (exact) mass is 697 g/mol. The topological polar surface area (TPSA) is 154 Å². The smallest absolute Gasteiger partial charge is 0.408 e. The first-order chi connectivity index (χ1) is 22.8. The van der Waals surface area contributed by atoms with Gasteiger partial charge in [-0.3, -0.25) is 18.7 Å². The number of anilines is 1. The molecule has 0 radical (unpaired) electrons. The van der Waals surface area contributed by atoms with E-state index in [1.165, 1.54) is 4.31 Å². The molecule has 1 spiro atoms. The van der Waals surface area contributed by atoms with E-state index in [2.05, 4.69) is 15.4 Å². The van der Waals surface area contributed by atoms with Crippen molar-refractivity contribution in [3.05, 3.63) is 65.7 Å². The summed E-state index contributed by atoms with van der Waals surface area (Å²) in [6.45, 7) is 12.4. The van der Waals surface area contributed by atoms with E-state index in [4.69, 9.17) is 4.74 Å². The van der Waals surface area contributed by atoms with Gasteiger partial charge in [-0.15, -0.1) is 0 Å². The van der Waals surface area contributed by atoms with E-state index in [1.807, 2.05) is 42.5 Å². The van der Waals surface area contributed by atoms with Crippen LogP contribution >= 0.6 is 0 Å². The molecule has 2 heterocycles. The van der Waals surface area contributed by atoms with Crippen LogP contribution in [0.2, 0.25) is 0 Å². The zero-order chi connectivity index (χ0) is 36.2. The zero-order valence-electron chi connectivity index (χ0n) is 29.7. The molecule has 0 aliphatic carbocycles. The summed E-state index contributed by atoms with van der Waals surface area (Å²) in [7, 11) is -4.15. The van der Waals surface area contributed by atoms with Crippen LogP contribution in [0.4, 0.5) is 10.5 Å². The highest BCUT2D eigenvalue weighted by Crippen LogP contribution is 2.47. The third-order valence-electron chi connectivity index (χ3n) is 9.05. The predicted octanol–water partition coefficient (Wildman–Crippen LogP) is 4.19. The van der Waals surface area contributed by atoms with Crippen LogP contribution < -0.4 is 19.7 Å². The van der Waals surface area contributed by atoms with Gasteiger partial charge in [-0.25, -0.2) is 9.52 Å². The number of carbonyl (C=O) groups is 4. The summed E-state index contributed by atoms with van der Waals surface area (Å²) < 4.78 is 35.6. The second-order valence-electron chi connectivity index (χ2n) is 14.9. The minimum atomic E-state index is -4.15. The standard InChI is InChI=1S/C36H51N5O7S/c1-25(2)30(42)39-49(46,47)41-24-36(27-17-11-12-19-29(27)41)20-22-40(23-21-36)31(43)28(18-13-16-26-14-9-8-10-15-26)37-32(44)35(6,7)38-33(45)48-34(3,4)5/h8-12,14-15,17,19,25,28H,13,16,18,20-24H2,1-7H3,(H,37,44)(H,38,45)(H,39,42)/t28-/m1/s1. The number of carbonyl (C=O) groups excluding carboxylic acids is 4. The molecule has 0 aromatic heterocycles. The molecule has 0 unspecified atom stereocenters. The highest BCUT2D eigenvalue weighted by atomic mass is 32.2. The number of aryl methyl sites for hydroxylation is 1. The third-order valence-corrected chi connectivity index (χ3v) is 10.4. The number of alkyl carbamates (subject to hydrolysis) is 1. The van der Waals surface area contributed by atoms with Crippen LogP contribution in [0, 0.1) is 5.92 Å². The summed E-state index contributed by atoms with van der Waals surface area (Å²) in [6.07, 6.45) is 2.00. The predicted molar refractivity (Wildman–Crippen MR) is 188 cm³/mol. The Morgan fingerprint density at radius 1 is 0.918 bits per heavy atom. The number of benzene rings is 2. The van der Waals surface area contributed by atoms with Crippen LogP contribution in [-0.4, -0.2) is 73.9 Å². The molecule has 1 fully saturated rings. The van der Waals surface area contributed by atoms with Crippen LogP contribution in [0.5, 0.6) is 0 Å². The maximum absolute atomic E-state index is 14.1. The molecule has 268 valence electrons. The first-order valence-corrected chi connectivity index (χ1v) is 18.4. The van der Waals surface area contributed by atoms with E-state index in [1.54, 1.807) is 65.5 Å². The number of nitrogens with one attached hydrogen (secondary N) is 3. The highest BCUT2D eigenvalue weighted by Gasteiger charge is 2.49. The number of hydrogen-bond acceptors (Lipinski definition) is 7. The van der Waals surface area contributed by atoms with Crippen molar-refractivity contribution in [3.63, 3.8) is 0 Å². The molecular weight excluding hydrogens is 646 g/mol. The summed E-state index contributed by atoms with van der Waals surface area (Å²) in [5.41, 5.74) is -0.143. The largest absolute Gasteiger partial charge is 0.444 e. The third kappa shape index (κ3) is 9.31. The van der Waals surface area contributed by atoms with Gasteiger partial charge in [0.1, 0.15) is 17.2 Å². The lowest BCUT2D eigenvalue weighted by Crippen LogP contribution is -2.60. The van der Waals surface area contributed by atoms with E-state index < -0.39 is 56.6 Å². The van der Waals surface area contributed by atoms with Crippen LogP contribution in [0.25, 0.3) is 0 Å². The fraction of sp³-hybridized carbons (Fsp3) is 0.556. The second-order valence-corrected chi connectivity index (χ2v) is 16.5. The lowest BCUT2D eigenvalue weighted by molar-refractivity contribution is -0.139. The molecule has 4 amide bonds. The Labute approximate surface area is 290 Å². The molecule has 12 nitrogen and oxygen atoms in total. The Morgan fingerprint density at radius 3 is 2.14 bits per heavy atom. The highest BCUT2D eigenvalue weighted by molar-refractivity contribution is 7.91. The Kier molecular flexibility index (Phi) is 11.4. The van der Waals surface area contributed by atoms with E-state index in [0.29, 0.717) is 44.5 Å². The van der Waals surface area contributed by atoms with Crippen molar-refractivity contribution in [1.29, 1.82) is 0 Å². The summed E-state index contributed by atoms with van der Waals surface area (Å²) in [6, 6.07) is 16.3. The van der Waals surface area contributed by atoms with Crippen LogP contribution in [0.3, 0.4) is 0 Å². The first-order valence-electron chi connectivity index (χ1n) is 16.9. The van der Waals surface area contributed by atoms with E-state index in [9.17, 15) is 27.6 Å². The fourth-order valence-corrected chi connectivity index (χ4v) is 7.70. The zero-order valence-corrected chi connectivity index (χ0v) is 30.5. The fourth-order valence-electron chi connectivity index (χ4n) is 6.27. The number of rotatable bonds is 11. The molecule has 1 saturated heterocycles. The summed E-state index contributed by atoms with van der Waals surface area (Å²) in [5.74, 6) is -1.83. The van der Waals surface area contributed by atoms with E-state index >= 15 is 0 Å². The molecule has 1 atom stereocenters. The van der Waals surface area contributed by atoms with Gasteiger partial charge in [-0.05, 0) is 83.9 Å². The number of likely N-dealkylation sites (tertiary alicyclic amines) is 1. The Bertz CT molecular complexity index is 1630. The quantitative estimate of drug-likeness (QED) is 0.318. The molecule has 0 saturated carbocycles. The van der Waals surface area contributed by atoms with E-state index in [0.717, 1.165) is 17.5 Å². The van der Waals surface area contributed by atoms with Gasteiger partial charge in [0.05, 0.1) is 5.69 Å². The lowest BCUT2D eigenvalue weighted by atomic mass is 9.74. The summed E-state index contributed by atoms with van der Waals surface area (Å²) in [5, 5.41) is 5.53.